The third kappa shape index (κ3) is 37.3. The average molecular weight is 783 g/mol. The van der Waals surface area contributed by atoms with Crippen LogP contribution in [0.25, 0.3) is 0 Å². The third-order valence-corrected chi connectivity index (χ3v) is 10.4. The number of aliphatic hydroxyl groups excluding tert-OH is 2. The molecule has 0 aromatic heterocycles. The zero-order valence-electron chi connectivity index (χ0n) is 34.6. The molecular formula is C44H83N2O7P. The van der Waals surface area contributed by atoms with E-state index < -0.39 is 38.6 Å². The van der Waals surface area contributed by atoms with Crippen molar-refractivity contribution in [3.63, 3.8) is 0 Å². The van der Waals surface area contributed by atoms with Gasteiger partial charge in [0, 0.05) is 6.54 Å². The number of nitrogens with one attached hydrogen (secondary N) is 1. The highest BCUT2D eigenvalue weighted by Gasteiger charge is 2.27. The van der Waals surface area contributed by atoms with Gasteiger partial charge in [0.05, 0.1) is 37.9 Å². The summed E-state index contributed by atoms with van der Waals surface area (Å²) >= 11 is 0. The van der Waals surface area contributed by atoms with E-state index in [4.69, 9.17) is 14.8 Å². The van der Waals surface area contributed by atoms with Gasteiger partial charge in [0.1, 0.15) is 0 Å². The summed E-state index contributed by atoms with van der Waals surface area (Å²) in [6.07, 6.45) is 45.0. The highest BCUT2D eigenvalue weighted by molar-refractivity contribution is 7.47. The van der Waals surface area contributed by atoms with Crippen molar-refractivity contribution < 1.29 is 33.5 Å². The second kappa shape index (κ2) is 39.6. The number of carbonyl (C=O) groups excluding carboxylic acids is 1. The topological polar surface area (TPSA) is 151 Å². The monoisotopic (exact) mass is 783 g/mol. The third-order valence-electron chi connectivity index (χ3n) is 9.39. The van der Waals surface area contributed by atoms with Crippen LogP contribution in [0.15, 0.2) is 48.6 Å². The summed E-state index contributed by atoms with van der Waals surface area (Å²) in [5, 5.41) is 24.0. The average Bonchev–Trinajstić information content (AvgIpc) is 3.15. The van der Waals surface area contributed by atoms with Crippen molar-refractivity contribution in [2.75, 3.05) is 19.8 Å². The molecule has 10 heteroatoms. The minimum absolute atomic E-state index is 0.0399. The van der Waals surface area contributed by atoms with Crippen LogP contribution in [0.4, 0.5) is 0 Å². The molecule has 0 spiro atoms. The summed E-state index contributed by atoms with van der Waals surface area (Å²) < 4.78 is 22.0. The van der Waals surface area contributed by atoms with Crippen LogP contribution in [0.1, 0.15) is 187 Å². The standard InChI is InChI=1S/C44H83N2O7P/c1-3-5-7-9-11-13-15-16-17-18-19-20-21-22-23-24-26-27-29-31-33-35-41(47)39-44(49)46-42(40-53-54(50,51)52-38-37-45)43(48)36-34-32-30-28-25-14-12-10-8-6-4-2/h8,10,22-23,25,28,34,36,41-43,47-48H,3-7,9,11-21,24,26-27,29-33,35,37-40,45H2,1-2H3,(H,46,49)(H,50,51)/b10-8+,23-22-,28-25+,36-34+. The Balaban J connectivity index is 4.25. The molecule has 4 atom stereocenters. The minimum Gasteiger partial charge on any atom is -0.393 e. The number of hydrogen-bond acceptors (Lipinski definition) is 7. The lowest BCUT2D eigenvalue weighted by Crippen LogP contribution is -2.46. The zero-order chi connectivity index (χ0) is 39.8. The Labute approximate surface area is 331 Å². The molecule has 0 saturated heterocycles. The summed E-state index contributed by atoms with van der Waals surface area (Å²) in [4.78, 5) is 22.7. The molecule has 0 aliphatic carbocycles. The Morgan fingerprint density at radius 1 is 0.630 bits per heavy atom. The van der Waals surface area contributed by atoms with E-state index in [-0.39, 0.29) is 19.6 Å². The van der Waals surface area contributed by atoms with Gasteiger partial charge in [-0.05, 0) is 64.2 Å². The van der Waals surface area contributed by atoms with E-state index >= 15 is 0 Å². The highest BCUT2D eigenvalue weighted by atomic mass is 31.2. The van der Waals surface area contributed by atoms with Crippen molar-refractivity contribution >= 4 is 13.7 Å². The number of phosphoric ester groups is 1. The van der Waals surface area contributed by atoms with Gasteiger partial charge >= 0.3 is 7.82 Å². The Morgan fingerprint density at radius 3 is 1.61 bits per heavy atom. The molecule has 0 radical (unpaired) electrons. The molecule has 6 N–H and O–H groups in total. The van der Waals surface area contributed by atoms with Crippen LogP contribution < -0.4 is 11.1 Å². The van der Waals surface area contributed by atoms with Crippen molar-refractivity contribution in [2.24, 2.45) is 5.73 Å². The summed E-state index contributed by atoms with van der Waals surface area (Å²) in [7, 11) is -4.41. The van der Waals surface area contributed by atoms with E-state index in [1.165, 1.54) is 89.9 Å². The lowest BCUT2D eigenvalue weighted by molar-refractivity contribution is -0.124. The van der Waals surface area contributed by atoms with Crippen molar-refractivity contribution in [3.05, 3.63) is 48.6 Å². The fraction of sp³-hybridized carbons (Fsp3) is 0.795. The Morgan fingerprint density at radius 2 is 1.09 bits per heavy atom. The van der Waals surface area contributed by atoms with E-state index in [1.807, 2.05) is 6.08 Å². The van der Waals surface area contributed by atoms with Crippen LogP contribution in [0.5, 0.6) is 0 Å². The van der Waals surface area contributed by atoms with Gasteiger partial charge < -0.3 is 26.2 Å². The summed E-state index contributed by atoms with van der Waals surface area (Å²) in [6, 6.07) is -1.01. The van der Waals surface area contributed by atoms with Gasteiger partial charge in [0.2, 0.25) is 5.91 Å². The van der Waals surface area contributed by atoms with Crippen LogP contribution in [0.2, 0.25) is 0 Å². The molecule has 0 aliphatic rings. The number of hydrogen-bond donors (Lipinski definition) is 5. The van der Waals surface area contributed by atoms with Gasteiger partial charge in [-0.2, -0.15) is 0 Å². The number of aliphatic hydroxyl groups is 2. The highest BCUT2D eigenvalue weighted by Crippen LogP contribution is 2.43. The first-order valence-electron chi connectivity index (χ1n) is 21.8. The normalized spacial score (nSPS) is 15.1. The maximum Gasteiger partial charge on any atom is 0.472 e. The molecule has 0 saturated carbocycles. The van der Waals surface area contributed by atoms with Crippen LogP contribution in [0, 0.1) is 0 Å². The lowest BCUT2D eigenvalue weighted by Gasteiger charge is -2.24. The maximum atomic E-state index is 12.8. The van der Waals surface area contributed by atoms with Gasteiger partial charge in [0.15, 0.2) is 0 Å². The molecule has 1 amide bonds. The quantitative estimate of drug-likeness (QED) is 0.0234. The van der Waals surface area contributed by atoms with E-state index in [2.05, 4.69) is 55.6 Å². The molecule has 0 aromatic carbocycles. The van der Waals surface area contributed by atoms with Crippen LogP contribution in [-0.4, -0.2) is 59.0 Å². The van der Waals surface area contributed by atoms with Crippen LogP contribution in [-0.2, 0) is 18.4 Å². The lowest BCUT2D eigenvalue weighted by atomic mass is 10.0. The molecule has 9 nitrogen and oxygen atoms in total. The summed E-state index contributed by atoms with van der Waals surface area (Å²) in [6.45, 7) is 3.85. The molecule has 316 valence electrons. The fourth-order valence-corrected chi connectivity index (χ4v) is 6.85. The number of phosphoric acid groups is 1. The Kier molecular flexibility index (Phi) is 38.5. The molecule has 0 aromatic rings. The Bertz CT molecular complexity index is 1000. The van der Waals surface area contributed by atoms with E-state index in [0.29, 0.717) is 12.8 Å². The van der Waals surface area contributed by atoms with E-state index in [1.54, 1.807) is 6.08 Å². The van der Waals surface area contributed by atoms with E-state index in [9.17, 15) is 24.5 Å². The first kappa shape index (κ1) is 52.4. The number of carbonyl (C=O) groups is 1. The van der Waals surface area contributed by atoms with E-state index in [0.717, 1.165) is 64.2 Å². The van der Waals surface area contributed by atoms with Gasteiger partial charge in [-0.1, -0.05) is 165 Å². The SMILES string of the molecule is CCC/C=C/CC/C=C/CC/C=C/C(O)C(COP(=O)(O)OCCN)NC(=O)CC(O)CCCCCCC/C=C\CCCCCCCCCCCCCC. The Hall–Kier alpha value is -1.58. The number of allylic oxidation sites excluding steroid dienone is 7. The molecular weight excluding hydrogens is 699 g/mol. The number of rotatable bonds is 40. The smallest absolute Gasteiger partial charge is 0.393 e. The first-order chi connectivity index (χ1) is 26.3. The zero-order valence-corrected chi connectivity index (χ0v) is 35.5. The van der Waals surface area contributed by atoms with Crippen LogP contribution >= 0.6 is 7.82 Å². The van der Waals surface area contributed by atoms with Gasteiger partial charge in [0.25, 0.3) is 0 Å². The molecule has 4 unspecified atom stereocenters. The van der Waals surface area contributed by atoms with Gasteiger partial charge in [-0.3, -0.25) is 13.8 Å². The second-order valence-electron chi connectivity index (χ2n) is 14.7. The molecule has 0 heterocycles. The van der Waals surface area contributed by atoms with Gasteiger partial charge in [-0.25, -0.2) is 4.57 Å². The van der Waals surface area contributed by atoms with Crippen molar-refractivity contribution in [3.8, 4) is 0 Å². The fourth-order valence-electron chi connectivity index (χ4n) is 6.09. The molecule has 54 heavy (non-hydrogen) atoms. The predicted molar refractivity (Wildman–Crippen MR) is 227 cm³/mol. The number of amides is 1. The molecule has 0 rings (SSSR count). The maximum absolute atomic E-state index is 12.8. The van der Waals surface area contributed by atoms with Crippen molar-refractivity contribution in [2.45, 2.75) is 205 Å². The molecule has 0 aliphatic heterocycles. The van der Waals surface area contributed by atoms with Crippen LogP contribution in [0.3, 0.4) is 0 Å². The van der Waals surface area contributed by atoms with Crippen molar-refractivity contribution in [1.29, 1.82) is 0 Å². The van der Waals surface area contributed by atoms with Gasteiger partial charge in [-0.15, -0.1) is 0 Å². The predicted octanol–water partition coefficient (Wildman–Crippen LogP) is 11.1. The summed E-state index contributed by atoms with van der Waals surface area (Å²) in [5.41, 5.74) is 5.35. The largest absolute Gasteiger partial charge is 0.472 e. The van der Waals surface area contributed by atoms with Crippen molar-refractivity contribution in [1.82, 2.24) is 5.32 Å². The first-order valence-corrected chi connectivity index (χ1v) is 23.3. The number of nitrogens with two attached hydrogens (primary N) is 1. The molecule has 0 bridgehead atoms. The summed E-state index contributed by atoms with van der Waals surface area (Å²) in [5.74, 6) is -0.467. The minimum atomic E-state index is -4.41. The number of unbranched alkanes of at least 4 members (excludes halogenated alkanes) is 20. The second-order valence-corrected chi connectivity index (χ2v) is 16.2. The molecule has 0 fully saturated rings.